The molecule has 5 nitrogen and oxygen atoms in total. The van der Waals surface area contributed by atoms with Gasteiger partial charge in [0.25, 0.3) is 11.8 Å². The summed E-state index contributed by atoms with van der Waals surface area (Å²) < 4.78 is 13.8. The van der Waals surface area contributed by atoms with E-state index in [9.17, 15) is 14.0 Å². The van der Waals surface area contributed by atoms with Gasteiger partial charge in [-0.1, -0.05) is 18.2 Å². The van der Waals surface area contributed by atoms with Crippen molar-refractivity contribution in [2.75, 3.05) is 18.4 Å². The van der Waals surface area contributed by atoms with E-state index in [0.717, 1.165) is 31.5 Å². The summed E-state index contributed by atoms with van der Waals surface area (Å²) in [5, 5.41) is 8.95. The van der Waals surface area contributed by atoms with Gasteiger partial charge < -0.3 is 16.0 Å². The number of anilines is 1. The zero-order valence-corrected chi connectivity index (χ0v) is 15.9. The van der Waals surface area contributed by atoms with Gasteiger partial charge in [-0.15, -0.1) is 12.4 Å². The zero-order valence-electron chi connectivity index (χ0n) is 15.0. The third kappa shape index (κ3) is 5.28. The molecule has 1 heterocycles. The third-order valence-electron chi connectivity index (χ3n) is 4.50. The van der Waals surface area contributed by atoms with Crippen molar-refractivity contribution in [3.8, 4) is 0 Å². The maximum absolute atomic E-state index is 13.8. The molecule has 0 saturated carbocycles. The molecule has 27 heavy (non-hydrogen) atoms. The number of carbonyl (C=O) groups excluding carboxylic acids is 2. The minimum absolute atomic E-state index is 0. The number of halogens is 2. The molecule has 1 atom stereocenters. The van der Waals surface area contributed by atoms with Crippen molar-refractivity contribution in [2.45, 2.75) is 25.8 Å². The Bertz CT molecular complexity index is 823. The number of aryl methyl sites for hydroxylation is 1. The van der Waals surface area contributed by atoms with Gasteiger partial charge >= 0.3 is 0 Å². The summed E-state index contributed by atoms with van der Waals surface area (Å²) in [5.41, 5.74) is 1.72. The number of hydrogen-bond donors (Lipinski definition) is 3. The van der Waals surface area contributed by atoms with Gasteiger partial charge in [0.2, 0.25) is 0 Å². The van der Waals surface area contributed by atoms with Gasteiger partial charge in [-0.25, -0.2) is 4.39 Å². The van der Waals surface area contributed by atoms with Crippen LogP contribution in [0.25, 0.3) is 0 Å². The molecule has 3 N–H and O–H groups in total. The van der Waals surface area contributed by atoms with Gasteiger partial charge in [-0.2, -0.15) is 0 Å². The van der Waals surface area contributed by atoms with Crippen LogP contribution in [0.4, 0.5) is 10.1 Å². The zero-order chi connectivity index (χ0) is 18.5. The van der Waals surface area contributed by atoms with Crippen molar-refractivity contribution in [3.05, 3.63) is 65.0 Å². The molecule has 1 aliphatic heterocycles. The fourth-order valence-electron chi connectivity index (χ4n) is 2.98. The van der Waals surface area contributed by atoms with Crippen molar-refractivity contribution in [1.29, 1.82) is 0 Å². The van der Waals surface area contributed by atoms with E-state index < -0.39 is 11.7 Å². The number of rotatable bonds is 4. The molecule has 1 fully saturated rings. The molecule has 0 spiro atoms. The van der Waals surface area contributed by atoms with Crippen LogP contribution in [0.5, 0.6) is 0 Å². The molecule has 0 aromatic heterocycles. The smallest absolute Gasteiger partial charge is 0.258 e. The van der Waals surface area contributed by atoms with Gasteiger partial charge in [0.05, 0.1) is 5.56 Å². The molecular weight excluding hydrogens is 369 g/mol. The summed E-state index contributed by atoms with van der Waals surface area (Å²) in [4.78, 5) is 24.8. The van der Waals surface area contributed by atoms with Crippen LogP contribution in [0, 0.1) is 12.7 Å². The lowest BCUT2D eigenvalue weighted by Crippen LogP contribution is -2.45. The van der Waals surface area contributed by atoms with E-state index in [1.165, 1.54) is 18.2 Å². The first kappa shape index (κ1) is 20.9. The topological polar surface area (TPSA) is 70.2 Å². The first-order valence-electron chi connectivity index (χ1n) is 8.72. The lowest BCUT2D eigenvalue weighted by molar-refractivity contribution is 0.0929. The van der Waals surface area contributed by atoms with Gasteiger partial charge in [0.1, 0.15) is 5.82 Å². The molecule has 144 valence electrons. The Labute approximate surface area is 164 Å². The highest BCUT2D eigenvalue weighted by atomic mass is 35.5. The molecule has 0 aliphatic carbocycles. The first-order valence-corrected chi connectivity index (χ1v) is 8.72. The van der Waals surface area contributed by atoms with Crippen molar-refractivity contribution in [3.63, 3.8) is 0 Å². The lowest BCUT2D eigenvalue weighted by atomic mass is 10.1. The summed E-state index contributed by atoms with van der Waals surface area (Å²) >= 11 is 0. The van der Waals surface area contributed by atoms with Crippen LogP contribution in [0.1, 0.15) is 39.1 Å². The first-order chi connectivity index (χ1) is 12.5. The van der Waals surface area contributed by atoms with E-state index in [1.807, 2.05) is 6.92 Å². The van der Waals surface area contributed by atoms with Crippen molar-refractivity contribution in [1.82, 2.24) is 10.6 Å². The number of piperidine rings is 1. The predicted octanol–water partition coefficient (Wildman–Crippen LogP) is 3.29. The van der Waals surface area contributed by atoms with Gasteiger partial charge in [0, 0.05) is 23.8 Å². The van der Waals surface area contributed by atoms with E-state index in [-0.39, 0.29) is 29.9 Å². The molecule has 3 rings (SSSR count). The second kappa shape index (κ2) is 9.48. The SMILES string of the molecule is Cc1ccc(C(=O)N[C@H]2CCCNC2)cc1NC(=O)c1ccccc1F.Cl. The van der Waals surface area contributed by atoms with Crippen LogP contribution in [0.3, 0.4) is 0 Å². The molecule has 1 saturated heterocycles. The Morgan fingerprint density at radius 1 is 1.15 bits per heavy atom. The summed E-state index contributed by atoms with van der Waals surface area (Å²) in [6.07, 6.45) is 1.98. The van der Waals surface area contributed by atoms with Crippen molar-refractivity contribution in [2.24, 2.45) is 0 Å². The minimum Gasteiger partial charge on any atom is -0.348 e. The fraction of sp³-hybridized carbons (Fsp3) is 0.300. The molecule has 2 amide bonds. The number of amides is 2. The monoisotopic (exact) mass is 391 g/mol. The Morgan fingerprint density at radius 3 is 2.63 bits per heavy atom. The lowest BCUT2D eigenvalue weighted by Gasteiger charge is -2.24. The van der Waals surface area contributed by atoms with Crippen LogP contribution < -0.4 is 16.0 Å². The average molecular weight is 392 g/mol. The number of hydrogen-bond acceptors (Lipinski definition) is 3. The second-order valence-corrected chi connectivity index (χ2v) is 6.48. The maximum Gasteiger partial charge on any atom is 0.258 e. The number of benzene rings is 2. The molecule has 0 bridgehead atoms. The van der Waals surface area contributed by atoms with Crippen LogP contribution in [-0.4, -0.2) is 30.9 Å². The van der Waals surface area contributed by atoms with Crippen molar-refractivity contribution >= 4 is 29.9 Å². The molecule has 1 aliphatic rings. The Balaban J connectivity index is 0.00000261. The Hall–Kier alpha value is -2.44. The molecule has 7 heteroatoms. The van der Waals surface area contributed by atoms with Crippen molar-refractivity contribution < 1.29 is 14.0 Å². The van der Waals surface area contributed by atoms with Crippen LogP contribution in [-0.2, 0) is 0 Å². The highest BCUT2D eigenvalue weighted by Crippen LogP contribution is 2.19. The normalized spacial score (nSPS) is 16.1. The van der Waals surface area contributed by atoms with Crippen LogP contribution in [0.15, 0.2) is 42.5 Å². The second-order valence-electron chi connectivity index (χ2n) is 6.48. The van der Waals surface area contributed by atoms with E-state index in [2.05, 4.69) is 16.0 Å². The Kier molecular flexibility index (Phi) is 7.33. The van der Waals surface area contributed by atoms with E-state index in [4.69, 9.17) is 0 Å². The number of carbonyl (C=O) groups is 2. The fourth-order valence-corrected chi connectivity index (χ4v) is 2.98. The average Bonchev–Trinajstić information content (AvgIpc) is 2.64. The molecule has 2 aromatic carbocycles. The van der Waals surface area contributed by atoms with E-state index >= 15 is 0 Å². The largest absolute Gasteiger partial charge is 0.348 e. The third-order valence-corrected chi connectivity index (χ3v) is 4.50. The summed E-state index contributed by atoms with van der Waals surface area (Å²) in [6, 6.07) is 11.0. The van der Waals surface area contributed by atoms with Crippen LogP contribution >= 0.6 is 12.4 Å². The van der Waals surface area contributed by atoms with E-state index in [0.29, 0.717) is 11.3 Å². The quantitative estimate of drug-likeness (QED) is 0.749. The Morgan fingerprint density at radius 2 is 1.93 bits per heavy atom. The summed E-state index contributed by atoms with van der Waals surface area (Å²) in [5.74, 6) is -1.30. The highest BCUT2D eigenvalue weighted by Gasteiger charge is 2.18. The van der Waals surface area contributed by atoms with Crippen LogP contribution in [0.2, 0.25) is 0 Å². The molecule has 0 unspecified atom stereocenters. The predicted molar refractivity (Wildman–Crippen MR) is 106 cm³/mol. The number of nitrogens with one attached hydrogen (secondary N) is 3. The van der Waals surface area contributed by atoms with Gasteiger partial charge in [-0.3, -0.25) is 9.59 Å². The molecular formula is C20H23ClFN3O2. The minimum atomic E-state index is -0.582. The van der Waals surface area contributed by atoms with Gasteiger partial charge in [0.15, 0.2) is 0 Å². The molecule has 0 radical (unpaired) electrons. The maximum atomic E-state index is 13.8. The standard InChI is InChI=1S/C20H22FN3O2.ClH/c1-13-8-9-14(19(25)23-15-5-4-10-22-12-15)11-18(13)24-20(26)16-6-2-3-7-17(16)21;/h2-3,6-9,11,15,22H,4-5,10,12H2,1H3,(H,23,25)(H,24,26);1H/t15-;/m0./s1. The summed E-state index contributed by atoms with van der Waals surface area (Å²) in [6.45, 7) is 3.56. The van der Waals surface area contributed by atoms with E-state index in [1.54, 1.807) is 24.3 Å². The summed E-state index contributed by atoms with van der Waals surface area (Å²) in [7, 11) is 0. The molecule has 2 aromatic rings. The van der Waals surface area contributed by atoms with Gasteiger partial charge in [-0.05, 0) is 56.1 Å². The highest BCUT2D eigenvalue weighted by molar-refractivity contribution is 6.05.